The maximum absolute atomic E-state index is 14.3. The number of carbonyl (C=O) groups is 1. The van der Waals surface area contributed by atoms with Crippen LogP contribution < -0.4 is 15.8 Å². The van der Waals surface area contributed by atoms with Gasteiger partial charge in [-0.15, -0.1) is 5.10 Å². The zero-order chi connectivity index (χ0) is 37.2. The number of ether oxygens (including phenoxy) is 1. The number of nitrogens with one attached hydrogen (secondary N) is 1. The van der Waals surface area contributed by atoms with Crippen molar-refractivity contribution in [3.8, 4) is 6.07 Å². The second-order valence-corrected chi connectivity index (χ2v) is 16.3. The number of hydrogen-bond donors (Lipinski definition) is 3. The largest absolute Gasteiger partial charge is 0.472 e. The van der Waals surface area contributed by atoms with Gasteiger partial charge in [0.15, 0.2) is 0 Å². The van der Waals surface area contributed by atoms with Crippen LogP contribution in [0.25, 0.3) is 21.7 Å². The Hall–Kier alpha value is -4.84. The van der Waals surface area contributed by atoms with Crippen LogP contribution in [0.3, 0.4) is 0 Å². The van der Waals surface area contributed by atoms with Crippen LogP contribution in [0.5, 0.6) is 0 Å². The van der Waals surface area contributed by atoms with E-state index in [0.29, 0.717) is 51.2 Å². The number of fused-ring (bicyclic) bond motifs is 2. The molecule has 0 spiro atoms. The number of benzene rings is 2. The summed E-state index contributed by atoms with van der Waals surface area (Å²) in [5.74, 6) is 1.000. The van der Waals surface area contributed by atoms with Crippen molar-refractivity contribution < 1.29 is 28.4 Å². The lowest BCUT2D eigenvalue weighted by atomic mass is 9.50. The molecule has 3 aliphatic rings. The van der Waals surface area contributed by atoms with E-state index in [1.807, 2.05) is 25.5 Å². The number of nitriles is 1. The summed E-state index contributed by atoms with van der Waals surface area (Å²) >= 11 is 6.90. The Kier molecular flexibility index (Phi) is 8.88. The molecule has 15 nitrogen and oxygen atoms in total. The van der Waals surface area contributed by atoms with Crippen LogP contribution in [0.2, 0.25) is 5.02 Å². The third kappa shape index (κ3) is 6.64. The van der Waals surface area contributed by atoms with Crippen molar-refractivity contribution in [2.45, 2.75) is 51.6 Å². The van der Waals surface area contributed by atoms with Crippen molar-refractivity contribution in [2.24, 2.45) is 18.4 Å². The van der Waals surface area contributed by atoms with E-state index in [0.717, 1.165) is 19.3 Å². The molecule has 2 bridgehead atoms. The molecule has 1 amide bonds. The highest BCUT2D eigenvalue weighted by atomic mass is 35.5. The molecule has 17 heteroatoms. The quantitative estimate of drug-likeness (QED) is 0.112. The number of pyridine rings is 2. The number of rotatable bonds is 10. The summed E-state index contributed by atoms with van der Waals surface area (Å²) in [6, 6.07) is 12.7. The second-order valence-electron chi connectivity index (χ2n) is 14.7. The highest BCUT2D eigenvalue weighted by Crippen LogP contribution is 2.62. The number of aryl methyl sites for hydroxylation is 1. The van der Waals surface area contributed by atoms with Crippen molar-refractivity contribution in [2.75, 3.05) is 23.6 Å². The van der Waals surface area contributed by atoms with Gasteiger partial charge in [0.2, 0.25) is 6.79 Å². The number of halogens is 1. The van der Waals surface area contributed by atoms with Crippen molar-refractivity contribution in [3.05, 3.63) is 87.1 Å². The second kappa shape index (κ2) is 13.0. The minimum Gasteiger partial charge on any atom is -0.421 e. The lowest BCUT2D eigenvalue weighted by molar-refractivity contribution is -0.0989. The molecule has 5 aromatic rings. The van der Waals surface area contributed by atoms with Gasteiger partial charge >= 0.3 is 13.9 Å². The first kappa shape index (κ1) is 35.6. The van der Waals surface area contributed by atoms with Crippen molar-refractivity contribution in [1.82, 2.24) is 24.5 Å². The Morgan fingerprint density at radius 3 is 2.62 bits per heavy atom. The number of phosphoric acid groups is 1. The molecule has 3 aliphatic carbocycles. The maximum atomic E-state index is 14.3. The molecule has 2 aromatic carbocycles. The van der Waals surface area contributed by atoms with Crippen molar-refractivity contribution in [3.63, 3.8) is 0 Å². The van der Waals surface area contributed by atoms with Gasteiger partial charge in [-0.3, -0.25) is 9.69 Å². The molecule has 0 saturated heterocycles. The molecule has 0 unspecified atom stereocenters. The third-order valence-electron chi connectivity index (χ3n) is 9.63. The Bertz CT molecular complexity index is 2380. The highest BCUT2D eigenvalue weighted by molar-refractivity contribution is 7.46. The van der Waals surface area contributed by atoms with Gasteiger partial charge in [0.1, 0.15) is 23.6 Å². The van der Waals surface area contributed by atoms with Crippen LogP contribution in [0.4, 0.5) is 16.3 Å². The molecule has 8 rings (SSSR count). The van der Waals surface area contributed by atoms with Gasteiger partial charge in [0.25, 0.3) is 5.56 Å². The standard InChI is InChI=1S/C35H36ClN8O7P/c1-34(2,3)18-38-31-22(16-37)10-21-11-23(12-27(36)29(21)39-31)44(33(46)50-19-51-52(47,48)49)30(28-17-43(41-40-28)35-13-20(14-35)15-35)25-6-5-7-26-24(25)8-9-42(4)32(26)45/h5-12,17,20,30H,13-15,18-19H2,1-4H3,(H,38,39)(H2,47,48,49)/t20?,30-,35?/m0/s1. The lowest BCUT2D eigenvalue weighted by Crippen LogP contribution is -2.59. The molecule has 52 heavy (non-hydrogen) atoms. The monoisotopic (exact) mass is 746 g/mol. The van der Waals surface area contributed by atoms with E-state index >= 15 is 0 Å². The van der Waals surface area contributed by atoms with Gasteiger partial charge in [-0.2, -0.15) is 5.26 Å². The lowest BCUT2D eigenvalue weighted by Gasteiger charge is -2.61. The maximum Gasteiger partial charge on any atom is 0.472 e. The Balaban J connectivity index is 1.42. The smallest absolute Gasteiger partial charge is 0.421 e. The van der Waals surface area contributed by atoms with Crippen LogP contribution in [-0.2, 0) is 26.4 Å². The minimum absolute atomic E-state index is 0.108. The van der Waals surface area contributed by atoms with E-state index in [1.54, 1.807) is 55.8 Å². The molecule has 0 radical (unpaired) electrons. The molecule has 3 aromatic heterocycles. The van der Waals surface area contributed by atoms with Crippen LogP contribution in [0.15, 0.2) is 59.7 Å². The Morgan fingerprint density at radius 2 is 1.96 bits per heavy atom. The van der Waals surface area contributed by atoms with Crippen LogP contribution in [0, 0.1) is 22.7 Å². The summed E-state index contributed by atoms with van der Waals surface area (Å²) < 4.78 is 24.6. The summed E-state index contributed by atoms with van der Waals surface area (Å²) in [7, 11) is -3.37. The van der Waals surface area contributed by atoms with E-state index in [1.165, 1.54) is 15.5 Å². The SMILES string of the molecule is Cn1ccc2c([C@@H](c3cn(C45CC(C4)C5)nn3)N(C(=O)OCOP(=O)(O)O)c3cc(Cl)c4nc(NCC(C)(C)C)c(C#N)cc4c3)cccc2c1=O. The molecule has 3 saturated carbocycles. The van der Waals surface area contributed by atoms with Gasteiger partial charge in [-0.1, -0.05) is 49.7 Å². The van der Waals surface area contributed by atoms with E-state index < -0.39 is 26.8 Å². The van der Waals surface area contributed by atoms with Gasteiger partial charge < -0.3 is 24.4 Å². The number of anilines is 2. The summed E-state index contributed by atoms with van der Waals surface area (Å²) in [5, 5.41) is 23.8. The Morgan fingerprint density at radius 1 is 1.21 bits per heavy atom. The number of amides is 1. The first-order valence-electron chi connectivity index (χ1n) is 16.5. The summed E-state index contributed by atoms with van der Waals surface area (Å²) in [4.78, 5) is 52.1. The summed E-state index contributed by atoms with van der Waals surface area (Å²) in [5.41, 5.74) is 1.08. The molecule has 270 valence electrons. The zero-order valence-electron chi connectivity index (χ0n) is 28.8. The fourth-order valence-electron chi connectivity index (χ4n) is 6.93. The molecule has 1 atom stereocenters. The molecule has 3 fully saturated rings. The number of aromatic nitrogens is 5. The van der Waals surface area contributed by atoms with Crippen molar-refractivity contribution >= 4 is 58.7 Å². The molecule has 3 N–H and O–H groups in total. The molecule has 3 heterocycles. The first-order valence-corrected chi connectivity index (χ1v) is 18.4. The number of hydrogen-bond acceptors (Lipinski definition) is 10. The highest BCUT2D eigenvalue weighted by Gasteiger charge is 2.59. The van der Waals surface area contributed by atoms with Crippen LogP contribution >= 0.6 is 19.4 Å². The van der Waals surface area contributed by atoms with Gasteiger partial charge in [-0.25, -0.2) is 23.5 Å². The molecular weight excluding hydrogens is 711 g/mol. The van der Waals surface area contributed by atoms with Gasteiger partial charge in [-0.05, 0) is 71.9 Å². The van der Waals surface area contributed by atoms with Gasteiger partial charge in [0, 0.05) is 30.6 Å². The van der Waals surface area contributed by atoms with E-state index in [4.69, 9.17) is 16.3 Å². The van der Waals surface area contributed by atoms with E-state index in [9.17, 15) is 29.2 Å². The third-order valence-corrected chi connectivity index (χ3v) is 10.4. The van der Waals surface area contributed by atoms with E-state index in [2.05, 4.69) is 31.2 Å². The minimum atomic E-state index is -5.01. The van der Waals surface area contributed by atoms with E-state index in [-0.39, 0.29) is 32.8 Å². The first-order chi connectivity index (χ1) is 24.6. The fourth-order valence-corrected chi connectivity index (χ4v) is 7.38. The van der Waals surface area contributed by atoms with Crippen LogP contribution in [0.1, 0.15) is 62.9 Å². The average molecular weight is 747 g/mol. The topological polar surface area (TPSA) is 198 Å². The molecule has 0 aliphatic heterocycles. The summed E-state index contributed by atoms with van der Waals surface area (Å²) in [6.45, 7) is 5.59. The average Bonchev–Trinajstić information content (AvgIpc) is 3.50. The van der Waals surface area contributed by atoms with Crippen molar-refractivity contribution in [1.29, 1.82) is 5.26 Å². The zero-order valence-corrected chi connectivity index (χ0v) is 30.4. The number of nitrogens with zero attached hydrogens (tertiary/aromatic N) is 7. The predicted octanol–water partition coefficient (Wildman–Crippen LogP) is 5.97. The number of carbonyl (C=O) groups excluding carboxylic acids is 1. The predicted molar refractivity (Wildman–Crippen MR) is 193 cm³/mol. The van der Waals surface area contributed by atoms with Gasteiger partial charge in [0.05, 0.1) is 33.5 Å². The fraction of sp³-hybridized carbons (Fsp3) is 0.371. The molecular formula is C35H36ClN8O7P. The normalized spacial score (nSPS) is 18.7. The van der Waals surface area contributed by atoms with Crippen LogP contribution in [-0.4, -0.2) is 53.8 Å². The summed E-state index contributed by atoms with van der Waals surface area (Å²) in [6.07, 6.45) is 5.23. The number of phosphoric ester groups is 1. The Labute approximate surface area is 303 Å².